The van der Waals surface area contributed by atoms with E-state index in [0.717, 1.165) is 0 Å². The van der Waals surface area contributed by atoms with Crippen molar-refractivity contribution in [2.45, 2.75) is 26.2 Å². The van der Waals surface area contributed by atoms with Gasteiger partial charge in [0.15, 0.2) is 0 Å². The van der Waals surface area contributed by atoms with Gasteiger partial charge in [-0.3, -0.25) is 0 Å². The molecule has 0 N–H and O–H groups in total. The molecule has 0 radical (unpaired) electrons. The molecule has 0 saturated carbocycles. The van der Waals surface area contributed by atoms with E-state index < -0.39 is 0 Å². The predicted octanol–water partition coefficient (Wildman–Crippen LogP) is 12.0. The maximum Gasteiger partial charge on any atom is -0.00199 e. The maximum absolute atomic E-state index is 2.47. The molecule has 0 heteroatoms. The predicted molar refractivity (Wildman–Crippen MR) is 182 cm³/mol. The first-order valence-electron chi connectivity index (χ1n) is 14.8. The zero-order chi connectivity index (χ0) is 28.7. The molecule has 0 aromatic heterocycles. The monoisotopic (exact) mass is 538 g/mol. The van der Waals surface area contributed by atoms with E-state index in [1.165, 1.54) is 71.6 Å². The summed E-state index contributed by atoms with van der Waals surface area (Å²) in [6.07, 6.45) is 0. The molecule has 42 heavy (non-hydrogen) atoms. The van der Waals surface area contributed by atoms with E-state index in [4.69, 9.17) is 0 Å². The molecule has 202 valence electrons. The van der Waals surface area contributed by atoms with Gasteiger partial charge in [-0.2, -0.15) is 0 Å². The lowest BCUT2D eigenvalue weighted by Crippen LogP contribution is -2.13. The first kappa shape index (κ1) is 26.0. The van der Waals surface area contributed by atoms with Crippen LogP contribution in [0.5, 0.6) is 0 Å². The number of fused-ring (bicyclic) bond motifs is 2. The first-order valence-corrected chi connectivity index (χ1v) is 14.8. The molecular weight excluding hydrogens is 504 g/mol. The lowest BCUT2D eigenvalue weighted by atomic mass is 9.76. The van der Waals surface area contributed by atoms with Crippen molar-refractivity contribution in [2.24, 2.45) is 0 Å². The van der Waals surface area contributed by atoms with Gasteiger partial charge in [0.25, 0.3) is 0 Å². The van der Waals surface area contributed by atoms with Gasteiger partial charge >= 0.3 is 0 Å². The quantitative estimate of drug-likeness (QED) is 0.196. The minimum atomic E-state index is -0.0332. The van der Waals surface area contributed by atoms with Crippen molar-refractivity contribution >= 4 is 21.5 Å². The fourth-order valence-electron chi connectivity index (χ4n) is 6.47. The minimum Gasteiger partial charge on any atom is -0.0622 e. The van der Waals surface area contributed by atoms with Crippen LogP contribution < -0.4 is 0 Å². The molecule has 0 atom stereocenters. The van der Waals surface area contributed by atoms with Crippen LogP contribution in [0.4, 0.5) is 0 Å². The van der Waals surface area contributed by atoms with Gasteiger partial charge in [-0.1, -0.05) is 160 Å². The first-order chi connectivity index (χ1) is 20.5. The summed E-state index contributed by atoms with van der Waals surface area (Å²) in [6.45, 7) is 6.97. The Morgan fingerprint density at radius 1 is 0.333 bits per heavy atom. The number of hydrogen-bond acceptors (Lipinski definition) is 0. The summed E-state index contributed by atoms with van der Waals surface area (Å²) in [6, 6.07) is 55.4. The Morgan fingerprint density at radius 3 is 1.17 bits per heavy atom. The van der Waals surface area contributed by atoms with Crippen LogP contribution >= 0.6 is 0 Å². The lowest BCUT2D eigenvalue weighted by Gasteiger charge is -2.27. The normalized spacial score (nSPS) is 11.7. The van der Waals surface area contributed by atoms with Gasteiger partial charge in [0.2, 0.25) is 0 Å². The standard InChI is InChI=1S/C42H34/c1-42(2,3)39-28-36(29-17-7-4-8-18-29)38(27-37(39)30-19-9-5-10-20-30)41-34-25-15-13-23-32(34)40(31-21-11-6-12-22-31)33-24-14-16-26-35(33)41/h4-28H,1-3H3. The van der Waals surface area contributed by atoms with Gasteiger partial charge in [0.05, 0.1) is 0 Å². The Morgan fingerprint density at radius 2 is 0.714 bits per heavy atom. The fraction of sp³-hybridized carbons (Fsp3) is 0.0952. The van der Waals surface area contributed by atoms with E-state index in [0.29, 0.717) is 0 Å². The van der Waals surface area contributed by atoms with Crippen molar-refractivity contribution in [3.05, 3.63) is 157 Å². The highest BCUT2D eigenvalue weighted by atomic mass is 14.3. The topological polar surface area (TPSA) is 0 Å². The molecule has 0 heterocycles. The summed E-state index contributed by atoms with van der Waals surface area (Å²) in [5.74, 6) is 0. The molecule has 0 saturated heterocycles. The van der Waals surface area contributed by atoms with Crippen LogP contribution in [-0.2, 0) is 5.41 Å². The van der Waals surface area contributed by atoms with E-state index in [1.54, 1.807) is 0 Å². The summed E-state index contributed by atoms with van der Waals surface area (Å²) in [5, 5.41) is 5.10. The van der Waals surface area contributed by atoms with Crippen molar-refractivity contribution in [3.63, 3.8) is 0 Å². The van der Waals surface area contributed by atoms with Crippen LogP contribution in [0.15, 0.2) is 152 Å². The van der Waals surface area contributed by atoms with Crippen molar-refractivity contribution in [1.82, 2.24) is 0 Å². The van der Waals surface area contributed by atoms with Crippen LogP contribution in [0.2, 0.25) is 0 Å². The summed E-state index contributed by atoms with van der Waals surface area (Å²) in [5.41, 5.74) is 11.4. The average molecular weight is 539 g/mol. The molecule has 0 nitrogen and oxygen atoms in total. The van der Waals surface area contributed by atoms with Crippen LogP contribution in [0.25, 0.3) is 66.1 Å². The molecular formula is C42H34. The Balaban J connectivity index is 1.68. The summed E-state index contributed by atoms with van der Waals surface area (Å²) in [4.78, 5) is 0. The third-order valence-corrected chi connectivity index (χ3v) is 8.40. The molecule has 0 bridgehead atoms. The SMILES string of the molecule is CC(C)(C)c1cc(-c2ccccc2)c(-c2c3ccccc3c(-c3ccccc3)c3ccccc23)cc1-c1ccccc1. The van der Waals surface area contributed by atoms with Crippen LogP contribution in [0.1, 0.15) is 26.3 Å². The van der Waals surface area contributed by atoms with Crippen LogP contribution in [0, 0.1) is 0 Å². The summed E-state index contributed by atoms with van der Waals surface area (Å²) in [7, 11) is 0. The zero-order valence-electron chi connectivity index (χ0n) is 24.4. The van der Waals surface area contributed by atoms with Gasteiger partial charge < -0.3 is 0 Å². The molecule has 7 aromatic carbocycles. The van der Waals surface area contributed by atoms with E-state index in [1.807, 2.05) is 0 Å². The molecule has 7 rings (SSSR count). The highest BCUT2D eigenvalue weighted by Crippen LogP contribution is 2.48. The smallest absolute Gasteiger partial charge is 0.00199 e. The number of benzene rings is 7. The van der Waals surface area contributed by atoms with Crippen molar-refractivity contribution in [3.8, 4) is 44.5 Å². The molecule has 7 aromatic rings. The Bertz CT molecular complexity index is 1970. The van der Waals surface area contributed by atoms with Crippen LogP contribution in [-0.4, -0.2) is 0 Å². The molecule has 0 fully saturated rings. The van der Waals surface area contributed by atoms with E-state index in [2.05, 4.69) is 172 Å². The molecule has 0 aliphatic rings. The van der Waals surface area contributed by atoms with Crippen molar-refractivity contribution < 1.29 is 0 Å². The van der Waals surface area contributed by atoms with E-state index in [9.17, 15) is 0 Å². The highest BCUT2D eigenvalue weighted by Gasteiger charge is 2.25. The Hall–Kier alpha value is -4.94. The Kier molecular flexibility index (Phi) is 6.48. The summed E-state index contributed by atoms with van der Waals surface area (Å²) >= 11 is 0. The van der Waals surface area contributed by atoms with Crippen molar-refractivity contribution in [2.75, 3.05) is 0 Å². The second-order valence-electron chi connectivity index (χ2n) is 12.1. The zero-order valence-corrected chi connectivity index (χ0v) is 24.4. The van der Waals surface area contributed by atoms with E-state index in [-0.39, 0.29) is 5.41 Å². The van der Waals surface area contributed by atoms with Crippen LogP contribution in [0.3, 0.4) is 0 Å². The largest absolute Gasteiger partial charge is 0.0622 e. The van der Waals surface area contributed by atoms with Gasteiger partial charge in [-0.05, 0) is 89.2 Å². The molecule has 0 aliphatic carbocycles. The number of rotatable bonds is 4. The summed E-state index contributed by atoms with van der Waals surface area (Å²) < 4.78 is 0. The average Bonchev–Trinajstić information content (AvgIpc) is 3.04. The lowest BCUT2D eigenvalue weighted by molar-refractivity contribution is 0.592. The van der Waals surface area contributed by atoms with Gasteiger partial charge in [-0.25, -0.2) is 0 Å². The number of hydrogen-bond donors (Lipinski definition) is 0. The third kappa shape index (κ3) is 4.50. The third-order valence-electron chi connectivity index (χ3n) is 8.40. The second kappa shape index (κ2) is 10.5. The van der Waals surface area contributed by atoms with Gasteiger partial charge in [-0.15, -0.1) is 0 Å². The Labute approximate surface area is 248 Å². The fourth-order valence-corrected chi connectivity index (χ4v) is 6.47. The molecule has 0 unspecified atom stereocenters. The molecule has 0 spiro atoms. The van der Waals surface area contributed by atoms with Crippen molar-refractivity contribution in [1.29, 1.82) is 0 Å². The van der Waals surface area contributed by atoms with Gasteiger partial charge in [0, 0.05) is 0 Å². The minimum absolute atomic E-state index is 0.0332. The highest BCUT2D eigenvalue weighted by molar-refractivity contribution is 6.22. The second-order valence-corrected chi connectivity index (χ2v) is 12.1. The van der Waals surface area contributed by atoms with E-state index >= 15 is 0 Å². The van der Waals surface area contributed by atoms with Gasteiger partial charge in [0.1, 0.15) is 0 Å². The molecule has 0 amide bonds. The molecule has 0 aliphatic heterocycles. The maximum atomic E-state index is 2.47.